The normalized spacial score (nSPS) is 14.6. The van der Waals surface area contributed by atoms with E-state index >= 15 is 0 Å². The Morgan fingerprint density at radius 2 is 2.10 bits per heavy atom. The molecule has 2 heterocycles. The maximum absolute atomic E-state index is 12.7. The Balaban J connectivity index is 1.38. The monoisotopic (exact) mass is 476 g/mol. The van der Waals surface area contributed by atoms with Gasteiger partial charge in [-0.25, -0.2) is 0 Å². The molecule has 31 heavy (non-hydrogen) atoms. The van der Waals surface area contributed by atoms with Gasteiger partial charge in [0, 0.05) is 10.9 Å². The summed E-state index contributed by atoms with van der Waals surface area (Å²) in [5.41, 5.74) is 0. The van der Waals surface area contributed by atoms with Crippen molar-refractivity contribution in [1.82, 2.24) is 20.1 Å². The van der Waals surface area contributed by atoms with Gasteiger partial charge in [0.1, 0.15) is 12.4 Å². The van der Waals surface area contributed by atoms with Gasteiger partial charge in [0.25, 0.3) is 0 Å². The number of para-hydroxylation sites is 1. The fourth-order valence-electron chi connectivity index (χ4n) is 3.29. The second-order valence-corrected chi connectivity index (χ2v) is 10.1. The van der Waals surface area contributed by atoms with E-state index in [0.29, 0.717) is 28.5 Å². The van der Waals surface area contributed by atoms with Crippen molar-refractivity contribution in [3.63, 3.8) is 0 Å². The zero-order valence-corrected chi connectivity index (χ0v) is 19.8. The third-order valence-electron chi connectivity index (χ3n) is 5.01. The summed E-state index contributed by atoms with van der Waals surface area (Å²) < 4.78 is 7.96. The molecule has 3 aromatic rings. The molecular weight excluding hydrogens is 452 g/mol. The number of halogens is 1. The fourth-order valence-corrected chi connectivity index (χ4v) is 5.26. The highest BCUT2D eigenvalue weighted by molar-refractivity contribution is 7.99. The SMILES string of the molecule is CC(C)[C@@H](NC(=O)CSc1nnc(COc2ccccc2Cl)n1C1CC1)c1cccs1. The Kier molecular flexibility index (Phi) is 7.20. The van der Waals surface area contributed by atoms with E-state index in [1.165, 1.54) is 16.6 Å². The molecule has 0 bridgehead atoms. The lowest BCUT2D eigenvalue weighted by atomic mass is 10.0. The number of nitrogens with one attached hydrogen (secondary N) is 1. The molecule has 0 aliphatic heterocycles. The number of rotatable bonds is 10. The van der Waals surface area contributed by atoms with E-state index in [4.69, 9.17) is 16.3 Å². The summed E-state index contributed by atoms with van der Waals surface area (Å²) >= 11 is 9.27. The Labute approximate surface area is 195 Å². The molecule has 1 aromatic carbocycles. The second kappa shape index (κ2) is 10.1. The minimum absolute atomic E-state index is 0.00341. The third-order valence-corrected chi connectivity index (χ3v) is 7.22. The predicted octanol–water partition coefficient (Wildman–Crippen LogP) is 5.51. The van der Waals surface area contributed by atoms with Crippen LogP contribution in [0.3, 0.4) is 0 Å². The van der Waals surface area contributed by atoms with Crippen LogP contribution in [0.15, 0.2) is 46.9 Å². The number of thioether (sulfide) groups is 1. The largest absolute Gasteiger partial charge is 0.484 e. The van der Waals surface area contributed by atoms with Gasteiger partial charge in [0.2, 0.25) is 5.91 Å². The summed E-state index contributed by atoms with van der Waals surface area (Å²) in [6.07, 6.45) is 2.18. The number of carbonyl (C=O) groups is 1. The van der Waals surface area contributed by atoms with E-state index in [-0.39, 0.29) is 18.6 Å². The van der Waals surface area contributed by atoms with E-state index in [0.717, 1.165) is 23.8 Å². The molecule has 0 spiro atoms. The molecule has 1 atom stereocenters. The highest BCUT2D eigenvalue weighted by Gasteiger charge is 2.30. The number of benzene rings is 1. The molecule has 1 N–H and O–H groups in total. The minimum atomic E-state index is -0.00341. The van der Waals surface area contributed by atoms with Gasteiger partial charge in [-0.3, -0.25) is 9.36 Å². The summed E-state index contributed by atoms with van der Waals surface area (Å²) in [4.78, 5) is 13.8. The lowest BCUT2D eigenvalue weighted by Gasteiger charge is -2.21. The third kappa shape index (κ3) is 5.61. The highest BCUT2D eigenvalue weighted by Crippen LogP contribution is 2.39. The van der Waals surface area contributed by atoms with Crippen LogP contribution < -0.4 is 10.1 Å². The zero-order chi connectivity index (χ0) is 21.8. The molecule has 2 aromatic heterocycles. The van der Waals surface area contributed by atoms with Gasteiger partial charge in [-0.2, -0.15) is 0 Å². The molecule has 1 saturated carbocycles. The molecular formula is C22H25ClN4O2S2. The van der Waals surface area contributed by atoms with Gasteiger partial charge < -0.3 is 10.1 Å². The van der Waals surface area contributed by atoms with E-state index in [1.807, 2.05) is 29.6 Å². The quantitative estimate of drug-likeness (QED) is 0.390. The van der Waals surface area contributed by atoms with Crippen molar-refractivity contribution >= 4 is 40.6 Å². The van der Waals surface area contributed by atoms with Gasteiger partial charge in [-0.15, -0.1) is 21.5 Å². The molecule has 0 unspecified atom stereocenters. The number of carbonyl (C=O) groups excluding carboxylic acids is 1. The Bertz CT molecular complexity index is 1020. The lowest BCUT2D eigenvalue weighted by Crippen LogP contribution is -2.32. The van der Waals surface area contributed by atoms with Crippen LogP contribution >= 0.6 is 34.7 Å². The smallest absolute Gasteiger partial charge is 0.230 e. The zero-order valence-electron chi connectivity index (χ0n) is 17.5. The first-order valence-electron chi connectivity index (χ1n) is 10.3. The van der Waals surface area contributed by atoms with Crippen LogP contribution in [-0.2, 0) is 11.4 Å². The van der Waals surface area contributed by atoms with Gasteiger partial charge in [0.15, 0.2) is 11.0 Å². The molecule has 1 fully saturated rings. The summed E-state index contributed by atoms with van der Waals surface area (Å²) in [6.45, 7) is 4.52. The van der Waals surface area contributed by atoms with Crippen LogP contribution in [-0.4, -0.2) is 26.4 Å². The van der Waals surface area contributed by atoms with Crippen LogP contribution in [0, 0.1) is 5.92 Å². The summed E-state index contributed by atoms with van der Waals surface area (Å²) in [6, 6.07) is 11.9. The van der Waals surface area contributed by atoms with Crippen LogP contribution in [0.5, 0.6) is 5.75 Å². The average molecular weight is 477 g/mol. The number of thiophene rings is 1. The lowest BCUT2D eigenvalue weighted by molar-refractivity contribution is -0.119. The molecule has 1 aliphatic rings. The van der Waals surface area contributed by atoms with E-state index < -0.39 is 0 Å². The van der Waals surface area contributed by atoms with Crippen LogP contribution in [0.25, 0.3) is 0 Å². The maximum Gasteiger partial charge on any atom is 0.230 e. The molecule has 1 amide bonds. The van der Waals surface area contributed by atoms with E-state index in [2.05, 4.69) is 40.0 Å². The van der Waals surface area contributed by atoms with Gasteiger partial charge in [0.05, 0.1) is 16.8 Å². The summed E-state index contributed by atoms with van der Waals surface area (Å²) in [5.74, 6) is 1.98. The topological polar surface area (TPSA) is 69.0 Å². The Hall–Kier alpha value is -2.03. The maximum atomic E-state index is 12.7. The number of hydrogen-bond acceptors (Lipinski definition) is 6. The second-order valence-electron chi connectivity index (χ2n) is 7.81. The minimum Gasteiger partial charge on any atom is -0.484 e. The number of hydrogen-bond donors (Lipinski definition) is 1. The summed E-state index contributed by atoms with van der Waals surface area (Å²) in [7, 11) is 0. The van der Waals surface area contributed by atoms with Crippen molar-refractivity contribution in [2.45, 2.75) is 50.5 Å². The van der Waals surface area contributed by atoms with Crippen molar-refractivity contribution in [3.05, 3.63) is 57.5 Å². The first-order chi connectivity index (χ1) is 15.0. The number of ether oxygens (including phenoxy) is 1. The molecule has 164 valence electrons. The van der Waals surface area contributed by atoms with E-state index in [1.54, 1.807) is 17.4 Å². The number of amides is 1. The van der Waals surface area contributed by atoms with Crippen LogP contribution in [0.2, 0.25) is 5.02 Å². The van der Waals surface area contributed by atoms with Gasteiger partial charge >= 0.3 is 0 Å². The number of nitrogens with zero attached hydrogens (tertiary/aromatic N) is 3. The average Bonchev–Trinajstić information content (AvgIpc) is 3.28. The van der Waals surface area contributed by atoms with Crippen LogP contribution in [0.4, 0.5) is 0 Å². The molecule has 0 radical (unpaired) electrons. The molecule has 1 aliphatic carbocycles. The van der Waals surface area contributed by atoms with Gasteiger partial charge in [-0.1, -0.05) is 55.4 Å². The van der Waals surface area contributed by atoms with Gasteiger partial charge in [-0.05, 0) is 42.3 Å². The Morgan fingerprint density at radius 3 is 2.77 bits per heavy atom. The molecule has 6 nitrogen and oxygen atoms in total. The van der Waals surface area contributed by atoms with Crippen molar-refractivity contribution in [2.24, 2.45) is 5.92 Å². The summed E-state index contributed by atoms with van der Waals surface area (Å²) in [5, 5.41) is 15.2. The van der Waals surface area contributed by atoms with Crippen molar-refractivity contribution in [2.75, 3.05) is 5.75 Å². The number of aromatic nitrogens is 3. The first kappa shape index (κ1) is 22.2. The Morgan fingerprint density at radius 1 is 1.29 bits per heavy atom. The standard InChI is InChI=1S/C22H25ClN4O2S2/c1-14(2)21(18-8-5-11-30-18)24-20(28)13-31-22-26-25-19(27(22)15-9-10-15)12-29-17-7-4-3-6-16(17)23/h3-8,11,14-15,21H,9-10,12-13H2,1-2H3,(H,24,28)/t21-/m1/s1. The van der Waals surface area contributed by atoms with E-state index in [9.17, 15) is 4.79 Å². The first-order valence-corrected chi connectivity index (χ1v) is 12.5. The fraction of sp³-hybridized carbons (Fsp3) is 0.409. The molecule has 0 saturated heterocycles. The van der Waals surface area contributed by atoms with Crippen LogP contribution in [0.1, 0.15) is 49.5 Å². The van der Waals surface area contributed by atoms with Crippen molar-refractivity contribution in [1.29, 1.82) is 0 Å². The molecule has 4 rings (SSSR count). The highest BCUT2D eigenvalue weighted by atomic mass is 35.5. The van der Waals surface area contributed by atoms with Crippen molar-refractivity contribution in [3.8, 4) is 5.75 Å². The van der Waals surface area contributed by atoms with Crippen molar-refractivity contribution < 1.29 is 9.53 Å². The predicted molar refractivity (Wildman–Crippen MR) is 125 cm³/mol. The molecule has 9 heteroatoms.